The Morgan fingerprint density at radius 3 is 2.42 bits per heavy atom. The van der Waals surface area contributed by atoms with Crippen LogP contribution in [-0.2, 0) is 4.74 Å². The lowest BCUT2D eigenvalue weighted by Crippen LogP contribution is -2.07. The summed E-state index contributed by atoms with van der Waals surface area (Å²) in [5, 5.41) is 7.01. The fraction of sp³-hybridized carbons (Fsp3) is 0.0833. The number of esters is 1. The zero-order chi connectivity index (χ0) is 14.0. The lowest BCUT2D eigenvalue weighted by atomic mass is 10.1. The fourth-order valence-corrected chi connectivity index (χ4v) is 1.69. The van der Waals surface area contributed by atoms with Crippen molar-refractivity contribution in [2.45, 2.75) is 0 Å². The van der Waals surface area contributed by atoms with E-state index >= 15 is 0 Å². The molecule has 4 nitrogen and oxygen atoms in total. The summed E-state index contributed by atoms with van der Waals surface area (Å²) in [7, 11) is 1.16. The molecule has 1 heterocycles. The van der Waals surface area contributed by atoms with Crippen LogP contribution in [0.25, 0.3) is 11.3 Å². The van der Waals surface area contributed by atoms with Crippen molar-refractivity contribution in [3.63, 3.8) is 0 Å². The van der Waals surface area contributed by atoms with E-state index in [-0.39, 0.29) is 22.0 Å². The molecule has 0 spiro atoms. The number of carbonyl (C=O) groups excluding carboxylic acids is 1. The normalized spacial score (nSPS) is 10.3. The molecule has 0 fully saturated rings. The van der Waals surface area contributed by atoms with E-state index in [4.69, 9.17) is 11.6 Å². The Hall–Kier alpha value is -2.08. The van der Waals surface area contributed by atoms with Gasteiger partial charge in [-0.2, -0.15) is 0 Å². The first-order valence-electron chi connectivity index (χ1n) is 5.10. The molecule has 0 saturated heterocycles. The molecule has 98 valence electrons. The highest BCUT2D eigenvalue weighted by Crippen LogP contribution is 2.26. The van der Waals surface area contributed by atoms with Crippen molar-refractivity contribution in [1.82, 2.24) is 10.2 Å². The van der Waals surface area contributed by atoms with Crippen LogP contribution >= 0.6 is 11.6 Å². The summed E-state index contributed by atoms with van der Waals surface area (Å²) in [6, 6.07) is 4.55. The van der Waals surface area contributed by atoms with E-state index in [0.717, 1.165) is 25.3 Å². The molecule has 0 atom stereocenters. The van der Waals surface area contributed by atoms with Crippen LogP contribution in [0.2, 0.25) is 5.02 Å². The molecule has 2 rings (SSSR count). The van der Waals surface area contributed by atoms with Gasteiger partial charge in [-0.3, -0.25) is 0 Å². The number of aromatic nitrogens is 2. The van der Waals surface area contributed by atoms with E-state index < -0.39 is 17.6 Å². The lowest BCUT2D eigenvalue weighted by Gasteiger charge is -2.05. The molecule has 1 aromatic heterocycles. The van der Waals surface area contributed by atoms with E-state index in [1.807, 2.05) is 0 Å². The van der Waals surface area contributed by atoms with Crippen molar-refractivity contribution >= 4 is 17.6 Å². The SMILES string of the molecule is COC(=O)c1nnc(-c2c(F)cccc2F)cc1Cl. The number of rotatable bonds is 2. The second-order valence-electron chi connectivity index (χ2n) is 3.51. The third-order valence-corrected chi connectivity index (χ3v) is 2.63. The van der Waals surface area contributed by atoms with Crippen LogP contribution in [0.3, 0.4) is 0 Å². The van der Waals surface area contributed by atoms with Gasteiger partial charge in [-0.25, -0.2) is 13.6 Å². The Morgan fingerprint density at radius 2 is 1.89 bits per heavy atom. The van der Waals surface area contributed by atoms with Gasteiger partial charge in [0.2, 0.25) is 0 Å². The molecule has 7 heteroatoms. The number of methoxy groups -OCH3 is 1. The fourth-order valence-electron chi connectivity index (χ4n) is 1.47. The minimum absolute atomic E-state index is 0.0977. The predicted octanol–water partition coefficient (Wildman–Crippen LogP) is 2.86. The van der Waals surface area contributed by atoms with Crippen LogP contribution in [0.4, 0.5) is 8.78 Å². The van der Waals surface area contributed by atoms with Crippen molar-refractivity contribution in [3.8, 4) is 11.3 Å². The summed E-state index contributed by atoms with van der Waals surface area (Å²) in [5.41, 5.74) is -0.675. The van der Waals surface area contributed by atoms with E-state index in [1.165, 1.54) is 6.07 Å². The molecule has 0 aliphatic heterocycles. The first-order chi connectivity index (χ1) is 9.04. The van der Waals surface area contributed by atoms with Crippen molar-refractivity contribution < 1.29 is 18.3 Å². The molecule has 0 radical (unpaired) electrons. The Bertz CT molecular complexity index is 629. The van der Waals surface area contributed by atoms with Gasteiger partial charge in [0.15, 0.2) is 5.69 Å². The van der Waals surface area contributed by atoms with Crippen LogP contribution in [0.5, 0.6) is 0 Å². The van der Waals surface area contributed by atoms with Gasteiger partial charge < -0.3 is 4.74 Å². The van der Waals surface area contributed by atoms with Crippen molar-refractivity contribution in [1.29, 1.82) is 0 Å². The smallest absolute Gasteiger partial charge is 0.360 e. The standard InChI is InChI=1S/C12H7ClF2N2O2/c1-19-12(18)11-6(13)5-9(16-17-11)10-7(14)3-2-4-8(10)15/h2-5H,1H3. The van der Waals surface area contributed by atoms with Crippen molar-refractivity contribution in [2.75, 3.05) is 7.11 Å². The lowest BCUT2D eigenvalue weighted by molar-refractivity contribution is 0.0593. The highest BCUT2D eigenvalue weighted by atomic mass is 35.5. The van der Waals surface area contributed by atoms with Crippen LogP contribution in [0.1, 0.15) is 10.5 Å². The van der Waals surface area contributed by atoms with E-state index in [2.05, 4.69) is 14.9 Å². The Labute approximate surface area is 112 Å². The van der Waals surface area contributed by atoms with Gasteiger partial charge in [-0.05, 0) is 18.2 Å². The van der Waals surface area contributed by atoms with E-state index in [1.54, 1.807) is 0 Å². The maximum atomic E-state index is 13.6. The average Bonchev–Trinajstić information content (AvgIpc) is 2.38. The summed E-state index contributed by atoms with van der Waals surface area (Å²) >= 11 is 5.81. The molecule has 0 unspecified atom stereocenters. The predicted molar refractivity (Wildman–Crippen MR) is 63.7 cm³/mol. The van der Waals surface area contributed by atoms with E-state index in [9.17, 15) is 13.6 Å². The first-order valence-corrected chi connectivity index (χ1v) is 5.48. The van der Waals surface area contributed by atoms with Gasteiger partial charge in [-0.15, -0.1) is 10.2 Å². The van der Waals surface area contributed by atoms with E-state index in [0.29, 0.717) is 0 Å². The third-order valence-electron chi connectivity index (χ3n) is 2.35. The van der Waals surface area contributed by atoms with Gasteiger partial charge in [0.1, 0.15) is 17.3 Å². The molecular weight excluding hydrogens is 278 g/mol. The second-order valence-corrected chi connectivity index (χ2v) is 3.92. The molecule has 0 N–H and O–H groups in total. The monoisotopic (exact) mass is 284 g/mol. The molecule has 2 aromatic rings. The van der Waals surface area contributed by atoms with Gasteiger partial charge in [0.05, 0.1) is 17.7 Å². The van der Waals surface area contributed by atoms with Crippen molar-refractivity contribution in [2.24, 2.45) is 0 Å². The maximum Gasteiger partial charge on any atom is 0.360 e. The highest BCUT2D eigenvalue weighted by molar-refractivity contribution is 6.33. The molecule has 0 bridgehead atoms. The topological polar surface area (TPSA) is 52.1 Å². The highest BCUT2D eigenvalue weighted by Gasteiger charge is 2.18. The number of carbonyl (C=O) groups is 1. The van der Waals surface area contributed by atoms with Gasteiger partial charge in [-0.1, -0.05) is 17.7 Å². The third kappa shape index (κ3) is 2.53. The molecule has 0 saturated carbocycles. The largest absolute Gasteiger partial charge is 0.464 e. The number of hydrogen-bond acceptors (Lipinski definition) is 4. The second kappa shape index (κ2) is 5.27. The summed E-state index contributed by atoms with van der Waals surface area (Å²) in [6.07, 6.45) is 0. The Balaban J connectivity index is 2.54. The Morgan fingerprint density at radius 1 is 1.26 bits per heavy atom. The molecule has 0 amide bonds. The summed E-state index contributed by atoms with van der Waals surface area (Å²) < 4.78 is 31.5. The number of ether oxygens (including phenoxy) is 1. The van der Waals surface area contributed by atoms with Gasteiger partial charge >= 0.3 is 5.97 Å². The number of benzene rings is 1. The van der Waals surface area contributed by atoms with Gasteiger partial charge in [0, 0.05) is 0 Å². The molecular formula is C12H7ClF2N2O2. The van der Waals surface area contributed by atoms with Crippen LogP contribution < -0.4 is 0 Å². The van der Waals surface area contributed by atoms with Gasteiger partial charge in [0.25, 0.3) is 0 Å². The minimum atomic E-state index is -0.795. The summed E-state index contributed by atoms with van der Waals surface area (Å²) in [4.78, 5) is 11.3. The van der Waals surface area contributed by atoms with Crippen LogP contribution in [-0.4, -0.2) is 23.3 Å². The van der Waals surface area contributed by atoms with Crippen LogP contribution in [0.15, 0.2) is 24.3 Å². The molecule has 19 heavy (non-hydrogen) atoms. The summed E-state index contributed by atoms with van der Waals surface area (Å²) in [6.45, 7) is 0. The summed E-state index contributed by atoms with van der Waals surface area (Å²) in [5.74, 6) is -2.37. The first kappa shape index (κ1) is 13.4. The number of nitrogens with zero attached hydrogens (tertiary/aromatic N) is 2. The average molecular weight is 285 g/mol. The number of hydrogen-bond donors (Lipinski definition) is 0. The molecule has 0 aliphatic rings. The van der Waals surface area contributed by atoms with Crippen LogP contribution in [0, 0.1) is 11.6 Å². The molecule has 0 aliphatic carbocycles. The minimum Gasteiger partial charge on any atom is -0.464 e. The zero-order valence-electron chi connectivity index (χ0n) is 9.65. The zero-order valence-corrected chi connectivity index (χ0v) is 10.4. The Kier molecular flexibility index (Phi) is 3.71. The maximum absolute atomic E-state index is 13.6. The molecule has 1 aromatic carbocycles. The van der Waals surface area contributed by atoms with Crippen molar-refractivity contribution in [3.05, 3.63) is 46.6 Å². The quantitative estimate of drug-likeness (QED) is 0.796. The number of halogens is 3.